The van der Waals surface area contributed by atoms with Gasteiger partial charge in [0, 0.05) is 24.2 Å². The Hall–Kier alpha value is -2.06. The fourth-order valence-electron chi connectivity index (χ4n) is 2.86. The molecule has 1 heterocycles. The van der Waals surface area contributed by atoms with Crippen molar-refractivity contribution >= 4 is 16.0 Å². The Kier molecular flexibility index (Phi) is 5.98. The van der Waals surface area contributed by atoms with Crippen molar-refractivity contribution in [3.8, 4) is 11.3 Å². The van der Waals surface area contributed by atoms with Crippen LogP contribution in [0.5, 0.6) is 0 Å². The molecule has 0 saturated heterocycles. The van der Waals surface area contributed by atoms with Gasteiger partial charge in [-0.25, -0.2) is 8.96 Å². The number of hydrogen-bond acceptors (Lipinski definition) is 4. The van der Waals surface area contributed by atoms with Crippen molar-refractivity contribution in [1.29, 1.82) is 0 Å². The lowest BCUT2D eigenvalue weighted by Gasteiger charge is -2.20. The largest absolute Gasteiger partial charge is 0.411 e. The smallest absolute Gasteiger partial charge is 0.351 e. The van der Waals surface area contributed by atoms with E-state index in [1.54, 1.807) is 16.7 Å². The Morgan fingerprint density at radius 3 is 2.31 bits per heavy atom. The van der Waals surface area contributed by atoms with Crippen LogP contribution in [-0.2, 0) is 21.5 Å². The van der Waals surface area contributed by atoms with Crippen LogP contribution in [0.25, 0.3) is 11.3 Å². The van der Waals surface area contributed by atoms with Crippen LogP contribution >= 0.6 is 0 Å². The Morgan fingerprint density at radius 1 is 1.27 bits per heavy atom. The fourth-order valence-corrected chi connectivity index (χ4v) is 3.29. The van der Waals surface area contributed by atoms with E-state index in [1.165, 1.54) is 26.3 Å². The number of sulfonamides is 1. The Morgan fingerprint density at radius 2 is 1.85 bits per heavy atom. The van der Waals surface area contributed by atoms with Gasteiger partial charge in [-0.1, -0.05) is 18.8 Å². The van der Waals surface area contributed by atoms with Gasteiger partial charge in [0.1, 0.15) is 17.2 Å². The Labute approximate surface area is 154 Å². The highest BCUT2D eigenvalue weighted by atomic mass is 32.2. The number of benzene rings is 1. The second kappa shape index (κ2) is 7.67. The molecule has 0 aliphatic heterocycles. The van der Waals surface area contributed by atoms with Crippen LogP contribution in [0.3, 0.4) is 0 Å². The molecule has 0 amide bonds. The molecule has 1 aromatic carbocycles. The SMILES string of the molecule is COC[n+]1c(N(C)S(C)(=O)=O)nc(C(C)C)c(C)c1-c1ccc(F)cc1. The topological polar surface area (TPSA) is 63.4 Å². The molecule has 0 unspecified atom stereocenters. The zero-order chi connectivity index (χ0) is 19.6. The second-order valence-corrected chi connectivity index (χ2v) is 8.52. The molecule has 142 valence electrons. The minimum Gasteiger partial charge on any atom is -0.351 e. The molecule has 0 aliphatic rings. The number of halogens is 1. The minimum atomic E-state index is -3.52. The van der Waals surface area contributed by atoms with E-state index in [0.29, 0.717) is 0 Å². The molecule has 26 heavy (non-hydrogen) atoms. The van der Waals surface area contributed by atoms with Crippen LogP contribution < -0.4 is 8.87 Å². The lowest BCUT2D eigenvalue weighted by Crippen LogP contribution is -2.47. The summed E-state index contributed by atoms with van der Waals surface area (Å²) >= 11 is 0. The predicted molar refractivity (Wildman–Crippen MR) is 98.9 cm³/mol. The van der Waals surface area contributed by atoms with Crippen molar-refractivity contribution in [3.63, 3.8) is 0 Å². The number of aromatic nitrogens is 2. The minimum absolute atomic E-state index is 0.0816. The number of anilines is 1. The first kappa shape index (κ1) is 20.3. The van der Waals surface area contributed by atoms with Gasteiger partial charge in [-0.05, 0) is 31.2 Å². The van der Waals surface area contributed by atoms with E-state index in [2.05, 4.69) is 4.98 Å². The highest BCUT2D eigenvalue weighted by Crippen LogP contribution is 2.28. The van der Waals surface area contributed by atoms with E-state index in [9.17, 15) is 12.8 Å². The summed E-state index contributed by atoms with van der Waals surface area (Å²) in [5.74, 6) is -0.00242. The van der Waals surface area contributed by atoms with Crippen molar-refractivity contribution in [2.24, 2.45) is 0 Å². The van der Waals surface area contributed by atoms with E-state index in [0.717, 1.165) is 33.1 Å². The lowest BCUT2D eigenvalue weighted by atomic mass is 9.99. The number of hydrogen-bond donors (Lipinski definition) is 0. The third kappa shape index (κ3) is 4.02. The van der Waals surface area contributed by atoms with Crippen LogP contribution in [0.2, 0.25) is 0 Å². The highest BCUT2D eigenvalue weighted by Gasteiger charge is 2.32. The summed E-state index contributed by atoms with van der Waals surface area (Å²) in [7, 11) is -0.542. The van der Waals surface area contributed by atoms with Crippen molar-refractivity contribution < 1.29 is 22.1 Å². The zero-order valence-electron chi connectivity index (χ0n) is 15.9. The van der Waals surface area contributed by atoms with Crippen molar-refractivity contribution in [2.45, 2.75) is 33.4 Å². The lowest BCUT2D eigenvalue weighted by molar-refractivity contribution is -0.711. The van der Waals surface area contributed by atoms with Crippen molar-refractivity contribution in [3.05, 3.63) is 41.3 Å². The summed E-state index contributed by atoms with van der Waals surface area (Å²) in [4.78, 5) is 4.62. The zero-order valence-corrected chi connectivity index (χ0v) is 16.8. The van der Waals surface area contributed by atoms with E-state index in [1.807, 2.05) is 20.8 Å². The molecule has 0 atom stereocenters. The molecular weight excluding hydrogens is 357 g/mol. The summed E-state index contributed by atoms with van der Waals surface area (Å²) in [6.07, 6.45) is 1.12. The summed E-state index contributed by atoms with van der Waals surface area (Å²) in [6, 6.07) is 6.08. The molecule has 2 rings (SSSR count). The molecule has 0 fully saturated rings. The van der Waals surface area contributed by atoms with Gasteiger partial charge >= 0.3 is 5.95 Å². The summed E-state index contributed by atoms with van der Waals surface area (Å²) in [5.41, 5.74) is 3.18. The quantitative estimate of drug-likeness (QED) is 0.721. The summed E-state index contributed by atoms with van der Waals surface area (Å²) in [5, 5.41) is 0. The first-order valence-corrected chi connectivity index (χ1v) is 10.1. The monoisotopic (exact) mass is 382 g/mol. The molecule has 0 bridgehead atoms. The predicted octanol–water partition coefficient (Wildman–Crippen LogP) is 2.61. The van der Waals surface area contributed by atoms with Gasteiger partial charge in [-0.15, -0.1) is 0 Å². The number of nitrogens with zero attached hydrogens (tertiary/aromatic N) is 3. The molecule has 0 spiro atoms. The molecule has 2 aromatic rings. The van der Waals surface area contributed by atoms with Gasteiger partial charge in [0.25, 0.3) is 10.0 Å². The average molecular weight is 382 g/mol. The Balaban J connectivity index is 2.90. The summed E-state index contributed by atoms with van der Waals surface area (Å²) < 4.78 is 45.8. The Bertz CT molecular complexity index is 897. The summed E-state index contributed by atoms with van der Waals surface area (Å²) in [6.45, 7) is 6.02. The van der Waals surface area contributed by atoms with E-state index in [-0.39, 0.29) is 24.4 Å². The van der Waals surface area contributed by atoms with Crippen LogP contribution in [-0.4, -0.2) is 33.8 Å². The van der Waals surface area contributed by atoms with Gasteiger partial charge in [-0.2, -0.15) is 12.7 Å². The molecule has 6 nitrogen and oxygen atoms in total. The van der Waals surface area contributed by atoms with Crippen LogP contribution in [0, 0.1) is 12.7 Å². The third-order valence-electron chi connectivity index (χ3n) is 4.17. The molecular formula is C18H25FN3O3S+. The maximum Gasteiger partial charge on any atom is 0.411 e. The number of ether oxygens (including phenoxy) is 1. The van der Waals surface area contributed by atoms with E-state index < -0.39 is 10.0 Å². The van der Waals surface area contributed by atoms with Gasteiger partial charge in [0.15, 0.2) is 6.73 Å². The maximum absolute atomic E-state index is 13.4. The van der Waals surface area contributed by atoms with Gasteiger partial charge < -0.3 is 4.74 Å². The van der Waals surface area contributed by atoms with Gasteiger partial charge in [-0.3, -0.25) is 0 Å². The molecule has 0 radical (unpaired) electrons. The average Bonchev–Trinajstić information content (AvgIpc) is 2.55. The maximum atomic E-state index is 13.4. The molecule has 0 saturated carbocycles. The van der Waals surface area contributed by atoms with Gasteiger partial charge in [0.2, 0.25) is 0 Å². The molecule has 0 aliphatic carbocycles. The number of methoxy groups -OCH3 is 1. The van der Waals surface area contributed by atoms with Crippen LogP contribution in [0.4, 0.5) is 10.3 Å². The normalized spacial score (nSPS) is 11.8. The fraction of sp³-hybridized carbons (Fsp3) is 0.444. The van der Waals surface area contributed by atoms with Crippen LogP contribution in [0.1, 0.15) is 31.0 Å². The van der Waals surface area contributed by atoms with Gasteiger partial charge in [0.05, 0.1) is 13.3 Å². The first-order valence-electron chi connectivity index (χ1n) is 8.21. The standard InChI is InChI=1S/C18H25FN3O3S/c1-12(2)16-13(3)17(14-7-9-15(19)10-8-14)22(11-25-5)18(20-16)21(4)26(6,23)24/h7-10,12H,11H2,1-6H3/q+1. The molecule has 8 heteroatoms. The third-order valence-corrected chi connectivity index (χ3v) is 5.33. The molecule has 1 aromatic heterocycles. The van der Waals surface area contributed by atoms with Crippen LogP contribution in [0.15, 0.2) is 24.3 Å². The molecule has 0 N–H and O–H groups in total. The van der Waals surface area contributed by atoms with Crippen molar-refractivity contribution in [1.82, 2.24) is 4.98 Å². The number of rotatable bonds is 6. The second-order valence-electron chi connectivity index (χ2n) is 6.51. The first-order chi connectivity index (χ1) is 12.1. The highest BCUT2D eigenvalue weighted by molar-refractivity contribution is 7.92. The van der Waals surface area contributed by atoms with Crippen molar-refractivity contribution in [2.75, 3.05) is 24.7 Å². The van der Waals surface area contributed by atoms with E-state index >= 15 is 0 Å². The van der Waals surface area contributed by atoms with E-state index in [4.69, 9.17) is 4.74 Å².